The molecule has 0 N–H and O–H groups in total. The zero-order valence-electron chi connectivity index (χ0n) is 13.0. The number of pyridine rings is 2. The van der Waals surface area contributed by atoms with Gasteiger partial charge in [0, 0.05) is 38.1 Å². The minimum absolute atomic E-state index is 0.150. The minimum atomic E-state index is -0.626. The van der Waals surface area contributed by atoms with Gasteiger partial charge in [0.2, 0.25) is 5.95 Å². The number of aromatic nitrogens is 3. The molecule has 0 radical (unpaired) electrons. The number of halogens is 1. The first kappa shape index (κ1) is 15.1. The van der Waals surface area contributed by atoms with Crippen LogP contribution in [0.1, 0.15) is 21.7 Å². The zero-order valence-corrected chi connectivity index (χ0v) is 13.0. The van der Waals surface area contributed by atoms with Gasteiger partial charge in [-0.05, 0) is 30.7 Å². The number of nitrogens with zero attached hydrogens (tertiary/aromatic N) is 4. The Morgan fingerprint density at radius 1 is 1.30 bits per heavy atom. The van der Waals surface area contributed by atoms with Crippen LogP contribution >= 0.6 is 0 Å². The van der Waals surface area contributed by atoms with Gasteiger partial charge in [-0.15, -0.1) is 0 Å². The highest BCUT2D eigenvalue weighted by Crippen LogP contribution is 2.16. The number of rotatable bonds is 4. The van der Waals surface area contributed by atoms with Gasteiger partial charge >= 0.3 is 0 Å². The Labute approximate surface area is 133 Å². The van der Waals surface area contributed by atoms with E-state index in [1.165, 1.54) is 9.30 Å². The molecule has 0 aliphatic carbocycles. The number of fused-ring (bicyclic) bond motifs is 1. The summed E-state index contributed by atoms with van der Waals surface area (Å²) in [5.74, 6) is -1.06. The fourth-order valence-electron chi connectivity index (χ4n) is 2.42. The third-order valence-electron chi connectivity index (χ3n) is 3.77. The molecule has 5 nitrogen and oxygen atoms in total. The smallest absolute Gasteiger partial charge is 0.277 e. The second-order valence-corrected chi connectivity index (χ2v) is 5.43. The van der Waals surface area contributed by atoms with E-state index in [0.717, 1.165) is 11.3 Å². The topological polar surface area (TPSA) is 50.5 Å². The highest BCUT2D eigenvalue weighted by molar-refractivity contribution is 5.93. The summed E-state index contributed by atoms with van der Waals surface area (Å²) in [6.45, 7) is 2.28. The fourth-order valence-corrected chi connectivity index (χ4v) is 2.42. The van der Waals surface area contributed by atoms with Gasteiger partial charge < -0.3 is 4.90 Å². The van der Waals surface area contributed by atoms with Crippen LogP contribution < -0.4 is 0 Å². The maximum Gasteiger partial charge on any atom is 0.277 e. The van der Waals surface area contributed by atoms with Crippen molar-refractivity contribution in [3.63, 3.8) is 0 Å². The second-order valence-electron chi connectivity index (χ2n) is 5.43. The lowest BCUT2D eigenvalue weighted by Gasteiger charge is -2.15. The van der Waals surface area contributed by atoms with E-state index in [0.29, 0.717) is 18.6 Å². The van der Waals surface area contributed by atoms with Gasteiger partial charge in [0.1, 0.15) is 5.65 Å². The molecule has 0 aliphatic heterocycles. The Morgan fingerprint density at radius 3 is 2.83 bits per heavy atom. The van der Waals surface area contributed by atoms with E-state index in [1.54, 1.807) is 25.5 Å². The molecule has 0 aromatic carbocycles. The summed E-state index contributed by atoms with van der Waals surface area (Å²) in [5.41, 5.74) is 2.02. The van der Waals surface area contributed by atoms with Gasteiger partial charge in [0.25, 0.3) is 5.91 Å². The largest absolute Gasteiger partial charge is 0.340 e. The molecule has 0 unspecified atom stereocenters. The number of amides is 1. The van der Waals surface area contributed by atoms with Gasteiger partial charge in [-0.1, -0.05) is 12.1 Å². The summed E-state index contributed by atoms with van der Waals surface area (Å²) in [6, 6.07) is 9.20. The van der Waals surface area contributed by atoms with E-state index < -0.39 is 11.9 Å². The van der Waals surface area contributed by atoms with Crippen LogP contribution in [0.15, 0.2) is 42.7 Å². The molecule has 0 aliphatic rings. The molecular weight excluding hydrogens is 295 g/mol. The molecule has 0 saturated carbocycles. The maximum absolute atomic E-state index is 14.4. The van der Waals surface area contributed by atoms with Crippen LogP contribution in [0.2, 0.25) is 0 Å². The Morgan fingerprint density at radius 2 is 2.13 bits per heavy atom. The van der Waals surface area contributed by atoms with Crippen molar-refractivity contribution in [2.75, 3.05) is 13.6 Å². The van der Waals surface area contributed by atoms with Crippen LogP contribution in [0.5, 0.6) is 0 Å². The second kappa shape index (κ2) is 6.16. The van der Waals surface area contributed by atoms with Crippen LogP contribution in [0, 0.1) is 12.9 Å². The van der Waals surface area contributed by atoms with E-state index in [4.69, 9.17) is 0 Å². The van der Waals surface area contributed by atoms with Gasteiger partial charge in [-0.25, -0.2) is 4.98 Å². The fraction of sp³-hybridized carbons (Fsp3) is 0.235. The molecule has 1 amide bonds. The first-order chi connectivity index (χ1) is 11.1. The van der Waals surface area contributed by atoms with Gasteiger partial charge in [-0.2, -0.15) is 4.39 Å². The number of carbonyl (C=O) groups excluding carboxylic acids is 1. The van der Waals surface area contributed by atoms with Gasteiger partial charge in [0.15, 0.2) is 5.69 Å². The van der Waals surface area contributed by atoms with E-state index in [2.05, 4.69) is 9.97 Å². The van der Waals surface area contributed by atoms with E-state index in [-0.39, 0.29) is 5.69 Å². The highest BCUT2D eigenvalue weighted by atomic mass is 19.1. The SMILES string of the molecule is Cc1cccn2c(F)c(C(=O)N(C)CCc3ccccn3)nc12. The third kappa shape index (κ3) is 2.92. The average molecular weight is 312 g/mol. The van der Waals surface area contributed by atoms with Crippen molar-refractivity contribution in [1.82, 2.24) is 19.3 Å². The predicted molar refractivity (Wildman–Crippen MR) is 84.8 cm³/mol. The molecule has 0 atom stereocenters. The summed E-state index contributed by atoms with van der Waals surface area (Å²) in [6.07, 6.45) is 3.88. The highest BCUT2D eigenvalue weighted by Gasteiger charge is 2.22. The van der Waals surface area contributed by atoms with E-state index in [1.807, 2.05) is 31.2 Å². The molecule has 3 heterocycles. The van der Waals surface area contributed by atoms with Crippen molar-refractivity contribution in [2.24, 2.45) is 0 Å². The summed E-state index contributed by atoms with van der Waals surface area (Å²) < 4.78 is 15.7. The lowest BCUT2D eigenvalue weighted by atomic mass is 10.2. The first-order valence-corrected chi connectivity index (χ1v) is 7.36. The number of aryl methyl sites for hydroxylation is 1. The molecule has 3 aromatic heterocycles. The zero-order chi connectivity index (χ0) is 16.4. The quantitative estimate of drug-likeness (QED) is 0.744. The van der Waals surface area contributed by atoms with Crippen LogP contribution in [0.4, 0.5) is 4.39 Å². The van der Waals surface area contributed by atoms with Crippen LogP contribution in [0.25, 0.3) is 5.65 Å². The molecule has 0 saturated heterocycles. The van der Waals surface area contributed by atoms with Crippen LogP contribution in [-0.2, 0) is 6.42 Å². The summed E-state index contributed by atoms with van der Waals surface area (Å²) in [4.78, 5) is 22.3. The van der Waals surface area contributed by atoms with Crippen molar-refractivity contribution in [2.45, 2.75) is 13.3 Å². The van der Waals surface area contributed by atoms with Crippen LogP contribution in [0.3, 0.4) is 0 Å². The van der Waals surface area contributed by atoms with Crippen molar-refractivity contribution < 1.29 is 9.18 Å². The molecule has 6 heteroatoms. The molecule has 0 fully saturated rings. The number of hydrogen-bond donors (Lipinski definition) is 0. The number of likely N-dealkylation sites (N-methyl/N-ethyl adjacent to an activating group) is 1. The standard InChI is InChI=1S/C17H17FN4O/c1-12-6-5-10-22-15(18)14(20-16(12)22)17(23)21(2)11-8-13-7-3-4-9-19-13/h3-7,9-10H,8,11H2,1-2H3. The maximum atomic E-state index is 14.4. The monoisotopic (exact) mass is 312 g/mol. The molecule has 23 heavy (non-hydrogen) atoms. The Bertz CT molecular complexity index is 844. The first-order valence-electron chi connectivity index (χ1n) is 7.36. The predicted octanol–water partition coefficient (Wildman–Crippen LogP) is 2.49. The van der Waals surface area contributed by atoms with Crippen molar-refractivity contribution in [3.05, 3.63) is 65.6 Å². The minimum Gasteiger partial charge on any atom is -0.340 e. The molecular formula is C17H17FN4O. The summed E-state index contributed by atoms with van der Waals surface area (Å²) in [5, 5.41) is 0. The molecule has 3 rings (SSSR count). The number of hydrogen-bond acceptors (Lipinski definition) is 3. The average Bonchev–Trinajstić information content (AvgIpc) is 2.91. The lowest BCUT2D eigenvalue weighted by Crippen LogP contribution is -2.30. The molecule has 118 valence electrons. The normalized spacial score (nSPS) is 10.9. The van der Waals surface area contributed by atoms with Crippen molar-refractivity contribution in [1.29, 1.82) is 0 Å². The Kier molecular flexibility index (Phi) is 4.06. The Hall–Kier alpha value is -2.76. The number of imidazole rings is 1. The molecule has 3 aromatic rings. The summed E-state index contributed by atoms with van der Waals surface area (Å²) in [7, 11) is 1.64. The van der Waals surface area contributed by atoms with Crippen LogP contribution in [-0.4, -0.2) is 38.8 Å². The third-order valence-corrected chi connectivity index (χ3v) is 3.77. The van der Waals surface area contributed by atoms with Crippen molar-refractivity contribution in [3.8, 4) is 0 Å². The number of carbonyl (C=O) groups is 1. The van der Waals surface area contributed by atoms with E-state index in [9.17, 15) is 9.18 Å². The van der Waals surface area contributed by atoms with Crippen molar-refractivity contribution >= 4 is 11.6 Å². The van der Waals surface area contributed by atoms with Gasteiger partial charge in [-0.3, -0.25) is 14.2 Å². The Balaban J connectivity index is 1.80. The molecule has 0 bridgehead atoms. The summed E-state index contributed by atoms with van der Waals surface area (Å²) >= 11 is 0. The van der Waals surface area contributed by atoms with E-state index >= 15 is 0 Å². The van der Waals surface area contributed by atoms with Gasteiger partial charge in [0.05, 0.1) is 0 Å². The molecule has 0 spiro atoms. The lowest BCUT2D eigenvalue weighted by molar-refractivity contribution is 0.0786.